The number of thiophene rings is 1. The monoisotopic (exact) mass is 494 g/mol. The van der Waals surface area contributed by atoms with E-state index in [-0.39, 0.29) is 17.4 Å². The molecule has 1 atom stereocenters. The van der Waals surface area contributed by atoms with Crippen molar-refractivity contribution in [2.45, 2.75) is 37.8 Å². The lowest BCUT2D eigenvalue weighted by Crippen LogP contribution is -2.17. The van der Waals surface area contributed by atoms with Gasteiger partial charge >= 0.3 is 0 Å². The molecule has 0 radical (unpaired) electrons. The van der Waals surface area contributed by atoms with Crippen LogP contribution >= 0.6 is 23.1 Å². The smallest absolute Gasteiger partial charge is 0.260 e. The van der Waals surface area contributed by atoms with Gasteiger partial charge in [-0.2, -0.15) is 0 Å². The fraction of sp³-hybridized carbons (Fsp3) is 0.217. The van der Waals surface area contributed by atoms with Crippen LogP contribution in [0, 0.1) is 13.8 Å². The Hall–Kier alpha value is -3.57. The Morgan fingerprint density at radius 2 is 2.03 bits per heavy atom. The van der Waals surface area contributed by atoms with E-state index in [2.05, 4.69) is 20.2 Å². The number of nitrogens with zero attached hydrogens (tertiary/aromatic N) is 4. The molecule has 0 aliphatic rings. The van der Waals surface area contributed by atoms with Gasteiger partial charge in [0.2, 0.25) is 5.16 Å². The van der Waals surface area contributed by atoms with Gasteiger partial charge < -0.3 is 20.0 Å². The van der Waals surface area contributed by atoms with Gasteiger partial charge in [0.05, 0.1) is 16.9 Å². The number of rotatable bonds is 7. The van der Waals surface area contributed by atoms with Crippen LogP contribution < -0.4 is 16.1 Å². The fourth-order valence-corrected chi connectivity index (χ4v) is 5.42. The van der Waals surface area contributed by atoms with Crippen LogP contribution in [0.2, 0.25) is 0 Å². The van der Waals surface area contributed by atoms with Gasteiger partial charge in [0.1, 0.15) is 28.8 Å². The van der Waals surface area contributed by atoms with E-state index in [0.29, 0.717) is 32.8 Å². The first kappa shape index (κ1) is 22.2. The van der Waals surface area contributed by atoms with E-state index < -0.39 is 0 Å². The number of hydrogen-bond donors (Lipinski definition) is 2. The minimum atomic E-state index is -0.217. The van der Waals surface area contributed by atoms with Crippen LogP contribution in [0.3, 0.4) is 0 Å². The molecule has 5 rings (SSSR count). The number of para-hydroxylation sites is 1. The van der Waals surface area contributed by atoms with Crippen molar-refractivity contribution in [1.82, 2.24) is 24.8 Å². The van der Waals surface area contributed by atoms with Crippen LogP contribution in [0.4, 0.5) is 0 Å². The maximum absolute atomic E-state index is 12.9. The molecule has 4 heterocycles. The van der Waals surface area contributed by atoms with Crippen LogP contribution in [-0.4, -0.2) is 24.8 Å². The molecule has 9 nitrogen and oxygen atoms in total. The summed E-state index contributed by atoms with van der Waals surface area (Å²) < 4.78 is 12.8. The molecule has 5 aromatic rings. The number of nitrogen functional groups attached to an aromatic ring is 1. The van der Waals surface area contributed by atoms with Crippen molar-refractivity contribution in [2.75, 3.05) is 5.84 Å². The molecule has 174 valence electrons. The number of benzene rings is 1. The quantitative estimate of drug-likeness (QED) is 0.248. The molecule has 0 bridgehead atoms. The van der Waals surface area contributed by atoms with Crippen LogP contribution in [0.25, 0.3) is 21.5 Å². The van der Waals surface area contributed by atoms with Gasteiger partial charge in [0.25, 0.3) is 5.56 Å². The number of aromatic amines is 1. The number of nitrogens with one attached hydrogen (secondary N) is 1. The van der Waals surface area contributed by atoms with E-state index in [9.17, 15) is 4.79 Å². The zero-order valence-corrected chi connectivity index (χ0v) is 20.4. The molecular weight excluding hydrogens is 472 g/mol. The number of thioether (sulfide) groups is 1. The highest BCUT2D eigenvalue weighted by Gasteiger charge is 2.20. The Labute approximate surface area is 203 Å². The topological polar surface area (TPSA) is 125 Å². The molecule has 1 unspecified atom stereocenters. The average Bonchev–Trinajstić information content (AvgIpc) is 3.55. The number of hydrogen-bond acceptors (Lipinski definition) is 9. The molecule has 0 saturated heterocycles. The predicted molar refractivity (Wildman–Crippen MR) is 133 cm³/mol. The predicted octanol–water partition coefficient (Wildman–Crippen LogP) is 4.60. The van der Waals surface area contributed by atoms with Crippen LogP contribution in [-0.2, 0) is 6.61 Å². The lowest BCUT2D eigenvalue weighted by Gasteiger charge is -2.12. The second-order valence-corrected chi connectivity index (χ2v) is 9.96. The van der Waals surface area contributed by atoms with Gasteiger partial charge in [0, 0.05) is 10.9 Å². The largest absolute Gasteiger partial charge is 0.485 e. The molecule has 0 amide bonds. The number of nitrogens with two attached hydrogens (primary N) is 1. The Kier molecular flexibility index (Phi) is 5.88. The maximum Gasteiger partial charge on any atom is 0.260 e. The number of ether oxygens (including phenoxy) is 1. The third-order valence-corrected chi connectivity index (χ3v) is 7.34. The number of aromatic nitrogens is 5. The molecule has 0 spiro atoms. The van der Waals surface area contributed by atoms with Gasteiger partial charge in [-0.1, -0.05) is 30.0 Å². The second-order valence-electron chi connectivity index (χ2n) is 7.80. The van der Waals surface area contributed by atoms with Crippen molar-refractivity contribution < 1.29 is 9.15 Å². The van der Waals surface area contributed by atoms with Crippen LogP contribution in [0.1, 0.15) is 34.9 Å². The SMILES string of the molecule is Cc1cccc(C)c1OCc1nnc(SC(C)c2nc3scc(-c4ccco4)c3c(=O)[nH]2)n1N. The summed E-state index contributed by atoms with van der Waals surface area (Å²) in [5, 5.41) is 11.1. The summed E-state index contributed by atoms with van der Waals surface area (Å²) in [4.78, 5) is 21.1. The fourth-order valence-electron chi connectivity index (χ4n) is 3.63. The van der Waals surface area contributed by atoms with Crippen LogP contribution in [0.5, 0.6) is 5.75 Å². The molecule has 0 aliphatic heterocycles. The minimum absolute atomic E-state index is 0.190. The van der Waals surface area contributed by atoms with Crippen molar-refractivity contribution in [2.24, 2.45) is 0 Å². The third-order valence-electron chi connectivity index (χ3n) is 5.41. The normalized spacial score (nSPS) is 12.3. The second kappa shape index (κ2) is 8.99. The van der Waals surface area contributed by atoms with E-state index >= 15 is 0 Å². The van der Waals surface area contributed by atoms with E-state index in [4.69, 9.17) is 15.0 Å². The number of H-pyrrole nitrogens is 1. The van der Waals surface area contributed by atoms with Gasteiger partial charge in [-0.25, -0.2) is 9.66 Å². The summed E-state index contributed by atoms with van der Waals surface area (Å²) >= 11 is 2.76. The summed E-state index contributed by atoms with van der Waals surface area (Å²) in [6.07, 6.45) is 1.58. The van der Waals surface area contributed by atoms with Crippen molar-refractivity contribution in [3.05, 3.63) is 75.1 Å². The zero-order chi connectivity index (χ0) is 23.8. The molecule has 4 aromatic heterocycles. The molecular formula is C23H22N6O3S2. The molecule has 0 saturated carbocycles. The van der Waals surface area contributed by atoms with Gasteiger partial charge in [-0.05, 0) is 44.0 Å². The zero-order valence-electron chi connectivity index (χ0n) is 18.7. The lowest BCUT2D eigenvalue weighted by atomic mass is 10.1. The summed E-state index contributed by atoms with van der Waals surface area (Å²) in [7, 11) is 0. The Morgan fingerprint density at radius 1 is 1.24 bits per heavy atom. The summed E-state index contributed by atoms with van der Waals surface area (Å²) in [5.41, 5.74) is 2.61. The van der Waals surface area contributed by atoms with Gasteiger partial charge in [0.15, 0.2) is 5.82 Å². The molecule has 3 N–H and O–H groups in total. The average molecular weight is 495 g/mol. The summed E-state index contributed by atoms with van der Waals surface area (Å²) in [6, 6.07) is 9.59. The molecule has 34 heavy (non-hydrogen) atoms. The van der Waals surface area contributed by atoms with Crippen molar-refractivity contribution in [1.29, 1.82) is 0 Å². The van der Waals surface area contributed by atoms with E-state index in [1.807, 2.05) is 50.4 Å². The Morgan fingerprint density at radius 3 is 2.76 bits per heavy atom. The Bertz CT molecular complexity index is 1500. The van der Waals surface area contributed by atoms with Crippen molar-refractivity contribution in [3.63, 3.8) is 0 Å². The maximum atomic E-state index is 12.9. The number of furan rings is 1. The Balaban J connectivity index is 1.34. The summed E-state index contributed by atoms with van der Waals surface area (Å²) in [5.74, 6) is 8.72. The van der Waals surface area contributed by atoms with E-state index in [1.165, 1.54) is 27.8 Å². The highest BCUT2D eigenvalue weighted by Crippen LogP contribution is 2.35. The lowest BCUT2D eigenvalue weighted by molar-refractivity contribution is 0.288. The standard InChI is InChI=1S/C23H22N6O3S2/c1-12-6-4-7-13(2)19(12)32-10-17-27-28-23(29(17)24)34-14(3)20-25-21(30)18-15(11-33-22(18)26-20)16-8-5-9-31-16/h4-9,11,14H,10,24H2,1-3H3,(H,25,26,30). The first-order chi connectivity index (χ1) is 16.4. The van der Waals surface area contributed by atoms with Crippen molar-refractivity contribution >= 4 is 33.3 Å². The molecule has 1 aromatic carbocycles. The molecule has 0 fully saturated rings. The highest BCUT2D eigenvalue weighted by molar-refractivity contribution is 7.99. The third kappa shape index (κ3) is 4.08. The number of aryl methyl sites for hydroxylation is 2. The number of fused-ring (bicyclic) bond motifs is 1. The highest BCUT2D eigenvalue weighted by atomic mass is 32.2. The van der Waals surface area contributed by atoms with E-state index in [0.717, 1.165) is 22.4 Å². The molecule has 0 aliphatic carbocycles. The van der Waals surface area contributed by atoms with Gasteiger partial charge in [-0.15, -0.1) is 21.5 Å². The van der Waals surface area contributed by atoms with Crippen LogP contribution in [0.15, 0.2) is 56.3 Å². The first-order valence-electron chi connectivity index (χ1n) is 10.5. The van der Waals surface area contributed by atoms with E-state index in [1.54, 1.807) is 12.3 Å². The first-order valence-corrected chi connectivity index (χ1v) is 12.3. The summed E-state index contributed by atoms with van der Waals surface area (Å²) in [6.45, 7) is 6.11. The van der Waals surface area contributed by atoms with Gasteiger partial charge in [-0.3, -0.25) is 4.79 Å². The van der Waals surface area contributed by atoms with Crippen molar-refractivity contribution in [3.8, 4) is 17.1 Å². The molecule has 11 heteroatoms. The minimum Gasteiger partial charge on any atom is -0.485 e.